The number of rotatable bonds is 5. The van der Waals surface area contributed by atoms with Gasteiger partial charge in [0, 0.05) is 19.6 Å². The Morgan fingerprint density at radius 1 is 1.09 bits per heavy atom. The normalized spacial score (nSPS) is 18.5. The molecule has 0 aromatic heterocycles. The summed E-state index contributed by atoms with van der Waals surface area (Å²) in [5, 5.41) is 0. The van der Waals surface area contributed by atoms with Crippen molar-refractivity contribution in [2.75, 3.05) is 39.5 Å². The third-order valence-corrected chi connectivity index (χ3v) is 7.42. The quantitative estimate of drug-likeness (QED) is 0.764. The second-order valence-electron chi connectivity index (χ2n) is 8.75. The number of carbonyl (C=O) groups is 1. The molecule has 136 valence electrons. The van der Waals surface area contributed by atoms with E-state index in [1.54, 1.807) is 25.7 Å². The standard InChI is InChI=1S/C17H34N2O3S/c1-16(2,3)23(21,22)12-15(20)19-10-8-14(9-11-19)17(4,5)13-18(6)7/h14H,8-13H2,1-7H3. The van der Waals surface area contributed by atoms with Gasteiger partial charge in [0.15, 0.2) is 9.84 Å². The van der Waals surface area contributed by atoms with E-state index in [1.165, 1.54) is 0 Å². The van der Waals surface area contributed by atoms with Crippen molar-refractivity contribution in [3.05, 3.63) is 0 Å². The van der Waals surface area contributed by atoms with Gasteiger partial charge < -0.3 is 9.80 Å². The molecule has 1 rings (SSSR count). The van der Waals surface area contributed by atoms with Gasteiger partial charge in [0.1, 0.15) is 5.75 Å². The number of amides is 1. The fourth-order valence-corrected chi connectivity index (χ4v) is 4.27. The van der Waals surface area contributed by atoms with Crippen LogP contribution in [0, 0.1) is 11.3 Å². The van der Waals surface area contributed by atoms with Crippen molar-refractivity contribution < 1.29 is 13.2 Å². The summed E-state index contributed by atoms with van der Waals surface area (Å²) in [5.74, 6) is -0.0561. The van der Waals surface area contributed by atoms with Crippen molar-refractivity contribution in [1.82, 2.24) is 9.80 Å². The summed E-state index contributed by atoms with van der Waals surface area (Å²) in [4.78, 5) is 16.3. The summed E-state index contributed by atoms with van der Waals surface area (Å²) >= 11 is 0. The van der Waals surface area contributed by atoms with Gasteiger partial charge in [0.2, 0.25) is 5.91 Å². The van der Waals surface area contributed by atoms with Crippen LogP contribution in [0.5, 0.6) is 0 Å². The number of likely N-dealkylation sites (tertiary alicyclic amines) is 1. The third kappa shape index (κ3) is 5.45. The molecule has 1 saturated heterocycles. The Morgan fingerprint density at radius 3 is 1.96 bits per heavy atom. The molecule has 23 heavy (non-hydrogen) atoms. The molecule has 0 aromatic carbocycles. The van der Waals surface area contributed by atoms with Crippen LogP contribution < -0.4 is 0 Å². The third-order valence-electron chi connectivity index (χ3n) is 4.92. The number of carbonyl (C=O) groups excluding carboxylic acids is 1. The molecule has 1 aliphatic heterocycles. The maximum Gasteiger partial charge on any atom is 0.237 e. The van der Waals surface area contributed by atoms with Gasteiger partial charge in [0.25, 0.3) is 0 Å². The molecule has 0 unspecified atom stereocenters. The Kier molecular flexibility index (Phi) is 6.30. The van der Waals surface area contributed by atoms with Gasteiger partial charge in [0.05, 0.1) is 4.75 Å². The highest BCUT2D eigenvalue weighted by molar-refractivity contribution is 7.93. The molecule has 6 heteroatoms. The van der Waals surface area contributed by atoms with Gasteiger partial charge in [-0.15, -0.1) is 0 Å². The van der Waals surface area contributed by atoms with Crippen LogP contribution in [0.3, 0.4) is 0 Å². The fourth-order valence-electron chi connectivity index (χ4n) is 3.32. The first-order valence-corrected chi connectivity index (χ1v) is 10.1. The van der Waals surface area contributed by atoms with Gasteiger partial charge in [-0.25, -0.2) is 8.42 Å². The van der Waals surface area contributed by atoms with E-state index in [2.05, 4.69) is 32.8 Å². The van der Waals surface area contributed by atoms with E-state index in [0.29, 0.717) is 19.0 Å². The van der Waals surface area contributed by atoms with Gasteiger partial charge in [-0.05, 0) is 59.0 Å². The van der Waals surface area contributed by atoms with E-state index in [-0.39, 0.29) is 17.1 Å². The maximum absolute atomic E-state index is 12.3. The summed E-state index contributed by atoms with van der Waals surface area (Å²) in [7, 11) is 0.760. The molecule has 0 bridgehead atoms. The summed E-state index contributed by atoms with van der Waals surface area (Å²) in [6, 6.07) is 0. The lowest BCUT2D eigenvalue weighted by atomic mass is 9.73. The minimum atomic E-state index is -3.40. The van der Waals surface area contributed by atoms with Crippen molar-refractivity contribution in [2.45, 2.75) is 52.2 Å². The van der Waals surface area contributed by atoms with Crippen molar-refractivity contribution in [3.8, 4) is 0 Å². The Hall–Kier alpha value is -0.620. The highest BCUT2D eigenvalue weighted by Gasteiger charge is 2.36. The second kappa shape index (κ2) is 7.09. The van der Waals surface area contributed by atoms with E-state index in [4.69, 9.17) is 0 Å². The number of nitrogens with zero attached hydrogens (tertiary/aromatic N) is 2. The van der Waals surface area contributed by atoms with E-state index in [1.807, 2.05) is 0 Å². The highest BCUT2D eigenvalue weighted by Crippen LogP contribution is 2.35. The lowest BCUT2D eigenvalue weighted by molar-refractivity contribution is -0.130. The highest BCUT2D eigenvalue weighted by atomic mass is 32.2. The van der Waals surface area contributed by atoms with Gasteiger partial charge >= 0.3 is 0 Å². The van der Waals surface area contributed by atoms with Crippen LogP contribution >= 0.6 is 0 Å². The van der Waals surface area contributed by atoms with Crippen LogP contribution in [0.2, 0.25) is 0 Å². The first-order chi connectivity index (χ1) is 10.3. The molecule has 1 amide bonds. The molecule has 0 aromatic rings. The predicted molar refractivity (Wildman–Crippen MR) is 95.2 cm³/mol. The van der Waals surface area contributed by atoms with Crippen molar-refractivity contribution in [3.63, 3.8) is 0 Å². The van der Waals surface area contributed by atoms with Crippen molar-refractivity contribution in [2.24, 2.45) is 11.3 Å². The minimum Gasteiger partial charge on any atom is -0.342 e. The molecule has 0 N–H and O–H groups in total. The van der Waals surface area contributed by atoms with Crippen LogP contribution in [0.15, 0.2) is 0 Å². The van der Waals surface area contributed by atoms with E-state index in [9.17, 15) is 13.2 Å². The molecule has 1 heterocycles. The van der Waals surface area contributed by atoms with Gasteiger partial charge in [-0.1, -0.05) is 13.8 Å². The average molecular weight is 347 g/mol. The lowest BCUT2D eigenvalue weighted by Gasteiger charge is -2.42. The Balaban J connectivity index is 2.62. The second-order valence-corrected chi connectivity index (χ2v) is 11.5. The number of piperidine rings is 1. The summed E-state index contributed by atoms with van der Waals surface area (Å²) < 4.78 is 23.5. The van der Waals surface area contributed by atoms with E-state index >= 15 is 0 Å². The Morgan fingerprint density at radius 2 is 1.57 bits per heavy atom. The molecule has 0 aliphatic carbocycles. The predicted octanol–water partition coefficient (Wildman–Crippen LogP) is 2.03. The summed E-state index contributed by atoms with van der Waals surface area (Å²) in [6.45, 7) is 11.8. The lowest BCUT2D eigenvalue weighted by Crippen LogP contribution is -2.47. The zero-order chi connectivity index (χ0) is 18.1. The first-order valence-electron chi connectivity index (χ1n) is 8.41. The van der Waals surface area contributed by atoms with Crippen LogP contribution in [0.1, 0.15) is 47.5 Å². The van der Waals surface area contributed by atoms with Crippen LogP contribution in [-0.4, -0.2) is 68.4 Å². The Bertz CT molecular complexity index is 510. The minimum absolute atomic E-state index is 0.204. The fraction of sp³-hybridized carbons (Fsp3) is 0.941. The maximum atomic E-state index is 12.3. The molecule has 0 radical (unpaired) electrons. The summed E-state index contributed by atoms with van der Waals surface area (Å²) in [5.41, 5.74) is 0.204. The number of hydrogen-bond acceptors (Lipinski definition) is 4. The zero-order valence-corrected chi connectivity index (χ0v) is 16.7. The van der Waals surface area contributed by atoms with Crippen LogP contribution in [-0.2, 0) is 14.6 Å². The zero-order valence-electron chi connectivity index (χ0n) is 15.8. The van der Waals surface area contributed by atoms with Crippen molar-refractivity contribution >= 4 is 15.7 Å². The van der Waals surface area contributed by atoms with Gasteiger partial charge in [-0.2, -0.15) is 0 Å². The van der Waals surface area contributed by atoms with Gasteiger partial charge in [-0.3, -0.25) is 4.79 Å². The van der Waals surface area contributed by atoms with Crippen molar-refractivity contribution in [1.29, 1.82) is 0 Å². The van der Waals surface area contributed by atoms with Crippen LogP contribution in [0.4, 0.5) is 0 Å². The number of hydrogen-bond donors (Lipinski definition) is 0. The monoisotopic (exact) mass is 346 g/mol. The average Bonchev–Trinajstić information content (AvgIpc) is 2.35. The van der Waals surface area contributed by atoms with E-state index < -0.39 is 14.6 Å². The topological polar surface area (TPSA) is 57.7 Å². The van der Waals surface area contributed by atoms with Crippen LogP contribution in [0.25, 0.3) is 0 Å². The SMILES string of the molecule is CN(C)CC(C)(C)C1CCN(C(=O)CS(=O)(=O)C(C)(C)C)CC1. The molecular weight excluding hydrogens is 312 g/mol. The molecule has 0 spiro atoms. The molecule has 0 atom stereocenters. The molecule has 5 nitrogen and oxygen atoms in total. The molecule has 1 fully saturated rings. The number of sulfone groups is 1. The summed E-state index contributed by atoms with van der Waals surface area (Å²) in [6.07, 6.45) is 1.89. The molecule has 0 saturated carbocycles. The molecule has 1 aliphatic rings. The molecular formula is C17H34N2O3S. The largest absolute Gasteiger partial charge is 0.342 e. The first kappa shape index (κ1) is 20.4. The van der Waals surface area contributed by atoms with E-state index in [0.717, 1.165) is 19.4 Å². The Labute approximate surface area is 142 Å². The smallest absolute Gasteiger partial charge is 0.237 e.